The van der Waals surface area contributed by atoms with Crippen molar-refractivity contribution in [1.82, 2.24) is 0 Å². The zero-order valence-corrected chi connectivity index (χ0v) is 6.19. The highest BCUT2D eigenvalue weighted by Gasteiger charge is 2.05. The summed E-state index contributed by atoms with van der Waals surface area (Å²) in [6.45, 7) is -0.300. The first-order chi connectivity index (χ1) is 5.65. The first-order valence-electron chi connectivity index (χ1n) is 3.31. The van der Waals surface area contributed by atoms with Crippen LogP contribution in [0.1, 0.15) is 15.9 Å². The zero-order chi connectivity index (χ0) is 9.14. The van der Waals surface area contributed by atoms with Gasteiger partial charge in [0, 0.05) is 5.56 Å². The number of hydrogen-bond donors (Lipinski definition) is 3. The third-order valence-electron chi connectivity index (χ3n) is 1.50. The van der Waals surface area contributed by atoms with Crippen molar-refractivity contribution in [2.75, 3.05) is 0 Å². The van der Waals surface area contributed by atoms with Crippen molar-refractivity contribution in [3.05, 3.63) is 29.3 Å². The molecule has 4 nitrogen and oxygen atoms in total. The summed E-state index contributed by atoms with van der Waals surface area (Å²) < 4.78 is 0. The number of carboxylic acids is 1. The molecule has 1 rings (SSSR count). The largest absolute Gasteiger partial charge is 0.508 e. The molecule has 64 valence electrons. The van der Waals surface area contributed by atoms with Crippen LogP contribution in [-0.4, -0.2) is 21.3 Å². The molecule has 4 heteroatoms. The Morgan fingerprint density at radius 2 is 2.08 bits per heavy atom. The number of carbonyl (C=O) groups is 1. The van der Waals surface area contributed by atoms with E-state index >= 15 is 0 Å². The van der Waals surface area contributed by atoms with Gasteiger partial charge in [0.25, 0.3) is 0 Å². The number of carboxylic acid groups (broad SMARTS) is 1. The lowest BCUT2D eigenvalue weighted by Gasteiger charge is -2.00. The van der Waals surface area contributed by atoms with Crippen LogP contribution in [0.4, 0.5) is 0 Å². The molecule has 1 aromatic rings. The first kappa shape index (κ1) is 8.55. The second-order valence-electron chi connectivity index (χ2n) is 2.31. The van der Waals surface area contributed by atoms with Crippen molar-refractivity contribution < 1.29 is 20.1 Å². The molecule has 0 amide bonds. The lowest BCUT2D eigenvalue weighted by molar-refractivity contribution is 0.0696. The molecule has 0 aliphatic rings. The molecule has 0 heterocycles. The molecule has 0 aliphatic heterocycles. The van der Waals surface area contributed by atoms with Crippen molar-refractivity contribution in [2.45, 2.75) is 6.61 Å². The summed E-state index contributed by atoms with van der Waals surface area (Å²) in [5, 5.41) is 26.3. The van der Waals surface area contributed by atoms with E-state index in [0.717, 1.165) is 6.07 Å². The third-order valence-corrected chi connectivity index (χ3v) is 1.50. The molecule has 0 aromatic heterocycles. The van der Waals surface area contributed by atoms with Gasteiger partial charge in [0.1, 0.15) is 5.75 Å². The summed E-state index contributed by atoms with van der Waals surface area (Å²) in [6, 6.07) is 3.81. The van der Waals surface area contributed by atoms with Gasteiger partial charge in [0.15, 0.2) is 0 Å². The molecule has 0 unspecified atom stereocenters. The summed E-state index contributed by atoms with van der Waals surface area (Å²) in [6.07, 6.45) is 0. The van der Waals surface area contributed by atoms with E-state index < -0.39 is 5.97 Å². The Morgan fingerprint density at radius 3 is 2.50 bits per heavy atom. The highest BCUT2D eigenvalue weighted by Crippen LogP contribution is 2.18. The molecule has 0 atom stereocenters. The fraction of sp³-hybridized carbons (Fsp3) is 0.125. The smallest absolute Gasteiger partial charge is 0.335 e. The summed E-state index contributed by atoms with van der Waals surface area (Å²) in [4.78, 5) is 10.4. The minimum atomic E-state index is -1.10. The minimum absolute atomic E-state index is 0.00435. The highest BCUT2D eigenvalue weighted by atomic mass is 16.4. The fourth-order valence-corrected chi connectivity index (χ4v) is 0.831. The molecular weight excluding hydrogens is 160 g/mol. The third kappa shape index (κ3) is 1.54. The van der Waals surface area contributed by atoms with Crippen molar-refractivity contribution >= 4 is 5.97 Å². The van der Waals surface area contributed by atoms with Gasteiger partial charge in [0.2, 0.25) is 0 Å². The number of aromatic carboxylic acids is 1. The predicted molar refractivity (Wildman–Crippen MR) is 41.0 cm³/mol. The van der Waals surface area contributed by atoms with E-state index in [9.17, 15) is 4.79 Å². The van der Waals surface area contributed by atoms with Crippen LogP contribution in [0, 0.1) is 0 Å². The van der Waals surface area contributed by atoms with E-state index in [0.29, 0.717) is 5.56 Å². The average molecular weight is 168 g/mol. The molecule has 0 saturated carbocycles. The second kappa shape index (κ2) is 3.23. The first-order valence-corrected chi connectivity index (χ1v) is 3.31. The number of phenols is 1. The van der Waals surface area contributed by atoms with Crippen LogP contribution in [-0.2, 0) is 6.61 Å². The standard InChI is InChI=1S/C8H8O4/c9-4-6-2-1-5(8(11)12)3-7(6)10/h1-3,9-10H,4H2,(H,11,12). The number of benzene rings is 1. The molecule has 0 aliphatic carbocycles. The normalized spacial score (nSPS) is 9.75. The van der Waals surface area contributed by atoms with Crippen molar-refractivity contribution in [3.63, 3.8) is 0 Å². The van der Waals surface area contributed by atoms with E-state index in [4.69, 9.17) is 15.3 Å². The number of rotatable bonds is 2. The van der Waals surface area contributed by atoms with E-state index in [2.05, 4.69) is 0 Å². The quantitative estimate of drug-likeness (QED) is 0.603. The number of aliphatic hydroxyl groups is 1. The van der Waals surface area contributed by atoms with Crippen LogP contribution in [0.25, 0.3) is 0 Å². The lowest BCUT2D eigenvalue weighted by Crippen LogP contribution is -1.96. The van der Waals surface area contributed by atoms with Crippen LogP contribution in [0.5, 0.6) is 5.75 Å². The molecule has 0 saturated heterocycles. The van der Waals surface area contributed by atoms with Gasteiger partial charge in [-0.15, -0.1) is 0 Å². The van der Waals surface area contributed by atoms with Crippen molar-refractivity contribution in [3.8, 4) is 5.75 Å². The molecule has 0 radical (unpaired) electrons. The molecular formula is C8H8O4. The Hall–Kier alpha value is -1.55. The fourth-order valence-electron chi connectivity index (χ4n) is 0.831. The maximum Gasteiger partial charge on any atom is 0.335 e. The van der Waals surface area contributed by atoms with E-state index in [1.807, 2.05) is 0 Å². The van der Waals surface area contributed by atoms with E-state index in [1.165, 1.54) is 12.1 Å². The Morgan fingerprint density at radius 1 is 1.42 bits per heavy atom. The number of aromatic hydroxyl groups is 1. The van der Waals surface area contributed by atoms with Crippen molar-refractivity contribution in [2.24, 2.45) is 0 Å². The van der Waals surface area contributed by atoms with Crippen LogP contribution in [0.3, 0.4) is 0 Å². The number of hydrogen-bond acceptors (Lipinski definition) is 3. The molecule has 0 fully saturated rings. The molecule has 0 spiro atoms. The van der Waals surface area contributed by atoms with Gasteiger partial charge >= 0.3 is 5.97 Å². The van der Waals surface area contributed by atoms with Gasteiger partial charge < -0.3 is 15.3 Å². The summed E-state index contributed by atoms with van der Waals surface area (Å²) >= 11 is 0. The maximum atomic E-state index is 10.4. The van der Waals surface area contributed by atoms with Gasteiger partial charge in [-0.2, -0.15) is 0 Å². The Labute approximate surface area is 68.7 Å². The zero-order valence-electron chi connectivity index (χ0n) is 6.19. The summed E-state index contributed by atoms with van der Waals surface area (Å²) in [5.41, 5.74) is 0.324. The summed E-state index contributed by atoms with van der Waals surface area (Å²) in [7, 11) is 0. The lowest BCUT2D eigenvalue weighted by atomic mass is 10.1. The van der Waals surface area contributed by atoms with Gasteiger partial charge in [-0.05, 0) is 12.1 Å². The predicted octanol–water partition coefficient (Wildman–Crippen LogP) is 0.583. The average Bonchev–Trinajstić information content (AvgIpc) is 2.04. The minimum Gasteiger partial charge on any atom is -0.508 e. The highest BCUT2D eigenvalue weighted by molar-refractivity contribution is 5.88. The Balaban J connectivity index is 3.10. The second-order valence-corrected chi connectivity index (χ2v) is 2.31. The Bertz CT molecular complexity index is 306. The van der Waals surface area contributed by atoms with Crippen LogP contribution in [0.15, 0.2) is 18.2 Å². The van der Waals surface area contributed by atoms with Gasteiger partial charge in [-0.1, -0.05) is 6.07 Å². The molecule has 1 aromatic carbocycles. The monoisotopic (exact) mass is 168 g/mol. The number of aliphatic hydroxyl groups excluding tert-OH is 1. The van der Waals surface area contributed by atoms with Crippen molar-refractivity contribution in [1.29, 1.82) is 0 Å². The molecule has 3 N–H and O–H groups in total. The van der Waals surface area contributed by atoms with Crippen LogP contribution < -0.4 is 0 Å². The Kier molecular flexibility index (Phi) is 2.30. The maximum absolute atomic E-state index is 10.4. The molecule has 0 bridgehead atoms. The topological polar surface area (TPSA) is 77.8 Å². The van der Waals surface area contributed by atoms with Gasteiger partial charge in [0.05, 0.1) is 12.2 Å². The molecule has 12 heavy (non-hydrogen) atoms. The van der Waals surface area contributed by atoms with Gasteiger partial charge in [-0.3, -0.25) is 0 Å². The van der Waals surface area contributed by atoms with E-state index in [-0.39, 0.29) is 17.9 Å². The van der Waals surface area contributed by atoms with Crippen LogP contribution in [0.2, 0.25) is 0 Å². The van der Waals surface area contributed by atoms with E-state index in [1.54, 1.807) is 0 Å². The van der Waals surface area contributed by atoms with Crippen LogP contribution >= 0.6 is 0 Å². The van der Waals surface area contributed by atoms with Gasteiger partial charge in [-0.25, -0.2) is 4.79 Å². The summed E-state index contributed by atoms with van der Waals surface area (Å²) in [5.74, 6) is -1.30. The SMILES string of the molecule is O=C(O)c1ccc(CO)c(O)c1.